The minimum atomic E-state index is -0.670. The zero-order chi connectivity index (χ0) is 15.4. The SMILES string of the molecule is O=Cc1ccc(NC(=O)c2ccc(Cl)cc2[N+](=O)[O-])cc1. The molecule has 7 heteroatoms. The van der Waals surface area contributed by atoms with Crippen LogP contribution in [0.5, 0.6) is 0 Å². The summed E-state index contributed by atoms with van der Waals surface area (Å²) >= 11 is 5.69. The van der Waals surface area contributed by atoms with E-state index in [4.69, 9.17) is 11.6 Å². The first-order valence-corrected chi connectivity index (χ1v) is 6.19. The molecule has 0 fully saturated rings. The van der Waals surface area contributed by atoms with Gasteiger partial charge in [-0.2, -0.15) is 0 Å². The number of amides is 1. The number of halogens is 1. The zero-order valence-corrected chi connectivity index (χ0v) is 11.3. The second-order valence-corrected chi connectivity index (χ2v) is 4.55. The summed E-state index contributed by atoms with van der Waals surface area (Å²) in [6, 6.07) is 9.92. The summed E-state index contributed by atoms with van der Waals surface area (Å²) in [7, 11) is 0. The first-order valence-electron chi connectivity index (χ1n) is 5.82. The Morgan fingerprint density at radius 1 is 1.19 bits per heavy atom. The molecule has 106 valence electrons. The van der Waals surface area contributed by atoms with E-state index in [1.54, 1.807) is 0 Å². The van der Waals surface area contributed by atoms with Gasteiger partial charge < -0.3 is 5.32 Å². The molecule has 2 aromatic rings. The predicted octanol–water partition coefficient (Wildman–Crippen LogP) is 3.31. The second-order valence-electron chi connectivity index (χ2n) is 4.11. The van der Waals surface area contributed by atoms with Crippen LogP contribution < -0.4 is 5.32 Å². The second kappa shape index (κ2) is 6.15. The molecule has 2 aromatic carbocycles. The van der Waals surface area contributed by atoms with Gasteiger partial charge in [0, 0.05) is 22.3 Å². The van der Waals surface area contributed by atoms with Gasteiger partial charge in [-0.15, -0.1) is 0 Å². The lowest BCUT2D eigenvalue weighted by molar-refractivity contribution is -0.385. The Hall–Kier alpha value is -2.73. The number of benzene rings is 2. The number of nitrogens with zero attached hydrogens (tertiary/aromatic N) is 1. The standard InChI is InChI=1S/C14H9ClN2O4/c15-10-3-6-12(13(7-10)17(20)21)14(19)16-11-4-1-9(8-18)2-5-11/h1-8H,(H,16,19). The maximum atomic E-state index is 12.1. The Kier molecular flexibility index (Phi) is 4.30. The molecule has 0 bridgehead atoms. The first-order chi connectivity index (χ1) is 10.0. The molecule has 2 rings (SSSR count). The van der Waals surface area contributed by atoms with Crippen LogP contribution in [0.15, 0.2) is 42.5 Å². The molecule has 0 saturated carbocycles. The third-order valence-electron chi connectivity index (χ3n) is 2.71. The normalized spacial score (nSPS) is 9.95. The van der Waals surface area contributed by atoms with Crippen LogP contribution in [0, 0.1) is 10.1 Å². The summed E-state index contributed by atoms with van der Waals surface area (Å²) in [5.74, 6) is -0.628. The van der Waals surface area contributed by atoms with Gasteiger partial charge in [0.25, 0.3) is 11.6 Å². The van der Waals surface area contributed by atoms with Gasteiger partial charge in [0.05, 0.1) is 4.92 Å². The number of rotatable bonds is 4. The van der Waals surface area contributed by atoms with Crippen molar-refractivity contribution >= 4 is 35.2 Å². The molecule has 1 amide bonds. The molecule has 0 aliphatic heterocycles. The van der Waals surface area contributed by atoms with E-state index in [1.807, 2.05) is 0 Å². The maximum Gasteiger partial charge on any atom is 0.283 e. The molecule has 0 aliphatic carbocycles. The van der Waals surface area contributed by atoms with Crippen LogP contribution >= 0.6 is 11.6 Å². The molecule has 0 heterocycles. The lowest BCUT2D eigenvalue weighted by Gasteiger charge is -2.06. The number of aldehydes is 1. The van der Waals surface area contributed by atoms with Crippen LogP contribution in [-0.2, 0) is 0 Å². The largest absolute Gasteiger partial charge is 0.322 e. The average molecular weight is 305 g/mol. The van der Waals surface area contributed by atoms with Crippen molar-refractivity contribution in [1.82, 2.24) is 0 Å². The fraction of sp³-hybridized carbons (Fsp3) is 0. The number of anilines is 1. The van der Waals surface area contributed by atoms with Crippen LogP contribution in [0.2, 0.25) is 5.02 Å². The van der Waals surface area contributed by atoms with E-state index in [9.17, 15) is 19.7 Å². The number of carbonyl (C=O) groups excluding carboxylic acids is 2. The maximum absolute atomic E-state index is 12.1. The monoisotopic (exact) mass is 304 g/mol. The van der Waals surface area contributed by atoms with Crippen LogP contribution in [0.25, 0.3) is 0 Å². The lowest BCUT2D eigenvalue weighted by atomic mass is 10.1. The van der Waals surface area contributed by atoms with Gasteiger partial charge in [-0.05, 0) is 36.4 Å². The fourth-order valence-electron chi connectivity index (χ4n) is 1.69. The Labute approximate surface area is 124 Å². The van der Waals surface area contributed by atoms with Gasteiger partial charge in [-0.25, -0.2) is 0 Å². The molecule has 1 N–H and O–H groups in total. The molecular weight excluding hydrogens is 296 g/mol. The van der Waals surface area contributed by atoms with E-state index in [1.165, 1.54) is 36.4 Å². The number of carbonyl (C=O) groups is 2. The third kappa shape index (κ3) is 3.43. The molecule has 0 spiro atoms. The van der Waals surface area contributed by atoms with Gasteiger partial charge in [0.2, 0.25) is 0 Å². The molecule has 21 heavy (non-hydrogen) atoms. The molecule has 0 aromatic heterocycles. The topological polar surface area (TPSA) is 89.3 Å². The van der Waals surface area contributed by atoms with Crippen molar-refractivity contribution in [3.05, 3.63) is 68.7 Å². The molecule has 0 aliphatic rings. The van der Waals surface area contributed by atoms with Crippen molar-refractivity contribution in [2.75, 3.05) is 5.32 Å². The Balaban J connectivity index is 2.27. The van der Waals surface area contributed by atoms with Gasteiger partial charge in [0.1, 0.15) is 11.8 Å². The smallest absolute Gasteiger partial charge is 0.283 e. The average Bonchev–Trinajstić information content (AvgIpc) is 2.47. The predicted molar refractivity (Wildman–Crippen MR) is 77.9 cm³/mol. The summed E-state index contributed by atoms with van der Waals surface area (Å²) in [6.07, 6.45) is 0.676. The van der Waals surface area contributed by atoms with Crippen molar-refractivity contribution in [1.29, 1.82) is 0 Å². The van der Waals surface area contributed by atoms with E-state index >= 15 is 0 Å². The number of hydrogen-bond donors (Lipinski definition) is 1. The molecule has 0 radical (unpaired) electrons. The van der Waals surface area contributed by atoms with Gasteiger partial charge in [0.15, 0.2) is 0 Å². The van der Waals surface area contributed by atoms with Crippen LogP contribution in [-0.4, -0.2) is 17.1 Å². The van der Waals surface area contributed by atoms with E-state index in [0.29, 0.717) is 17.5 Å². The summed E-state index contributed by atoms with van der Waals surface area (Å²) in [6.45, 7) is 0. The molecule has 0 unspecified atom stereocenters. The van der Waals surface area contributed by atoms with E-state index in [2.05, 4.69) is 5.32 Å². The number of nitrogens with one attached hydrogen (secondary N) is 1. The fourth-order valence-corrected chi connectivity index (χ4v) is 1.86. The Bertz CT molecular complexity index is 713. The van der Waals surface area contributed by atoms with Gasteiger partial charge >= 0.3 is 0 Å². The van der Waals surface area contributed by atoms with Crippen LogP contribution in [0.1, 0.15) is 20.7 Å². The van der Waals surface area contributed by atoms with Crippen molar-refractivity contribution in [3.8, 4) is 0 Å². The molecular formula is C14H9ClN2O4. The van der Waals surface area contributed by atoms with E-state index in [0.717, 1.165) is 6.07 Å². The molecule has 0 atom stereocenters. The summed E-state index contributed by atoms with van der Waals surface area (Å²) < 4.78 is 0. The molecule has 0 saturated heterocycles. The van der Waals surface area contributed by atoms with Crippen LogP contribution in [0.3, 0.4) is 0 Å². The number of hydrogen-bond acceptors (Lipinski definition) is 4. The summed E-state index contributed by atoms with van der Waals surface area (Å²) in [5.41, 5.74) is 0.425. The highest BCUT2D eigenvalue weighted by Gasteiger charge is 2.20. The lowest BCUT2D eigenvalue weighted by Crippen LogP contribution is -2.13. The molecule has 6 nitrogen and oxygen atoms in total. The zero-order valence-electron chi connectivity index (χ0n) is 10.6. The van der Waals surface area contributed by atoms with Crippen LogP contribution in [0.4, 0.5) is 11.4 Å². The first kappa shape index (κ1) is 14.7. The van der Waals surface area contributed by atoms with Crippen molar-refractivity contribution < 1.29 is 14.5 Å². The Morgan fingerprint density at radius 3 is 2.43 bits per heavy atom. The Morgan fingerprint density at radius 2 is 1.86 bits per heavy atom. The van der Waals surface area contributed by atoms with Crippen molar-refractivity contribution in [2.24, 2.45) is 0 Å². The quantitative estimate of drug-likeness (QED) is 0.533. The van der Waals surface area contributed by atoms with Gasteiger partial charge in [-0.3, -0.25) is 19.7 Å². The third-order valence-corrected chi connectivity index (χ3v) is 2.94. The van der Waals surface area contributed by atoms with E-state index < -0.39 is 10.8 Å². The van der Waals surface area contributed by atoms with Crippen molar-refractivity contribution in [3.63, 3.8) is 0 Å². The number of nitro benzene ring substituents is 1. The minimum absolute atomic E-state index is 0.0936. The summed E-state index contributed by atoms with van der Waals surface area (Å²) in [5, 5.41) is 13.6. The number of nitro groups is 1. The highest BCUT2D eigenvalue weighted by atomic mass is 35.5. The highest BCUT2D eigenvalue weighted by molar-refractivity contribution is 6.31. The van der Waals surface area contributed by atoms with Gasteiger partial charge in [-0.1, -0.05) is 11.6 Å². The minimum Gasteiger partial charge on any atom is -0.322 e. The summed E-state index contributed by atoms with van der Waals surface area (Å²) in [4.78, 5) is 32.9. The van der Waals surface area contributed by atoms with E-state index in [-0.39, 0.29) is 16.3 Å². The van der Waals surface area contributed by atoms with Crippen molar-refractivity contribution in [2.45, 2.75) is 0 Å². The highest BCUT2D eigenvalue weighted by Crippen LogP contribution is 2.24.